The fourth-order valence-electron chi connectivity index (χ4n) is 2.44. The Morgan fingerprint density at radius 1 is 1.08 bits per heavy atom. The highest BCUT2D eigenvalue weighted by Crippen LogP contribution is 2.10. The van der Waals surface area contributed by atoms with Crippen molar-refractivity contribution in [3.8, 4) is 0 Å². The molecule has 0 radical (unpaired) electrons. The molecule has 0 aliphatic rings. The third kappa shape index (κ3) is 4.91. The van der Waals surface area contributed by atoms with E-state index in [-0.39, 0.29) is 11.1 Å². The average Bonchev–Trinajstić information content (AvgIpc) is 2.60. The lowest BCUT2D eigenvalue weighted by Gasteiger charge is -2.16. The first-order valence-corrected chi connectivity index (χ1v) is 7.75. The van der Waals surface area contributed by atoms with Gasteiger partial charge in [0.05, 0.1) is 12.7 Å². The maximum absolute atomic E-state index is 12.4. The van der Waals surface area contributed by atoms with E-state index in [9.17, 15) is 14.4 Å². The van der Waals surface area contributed by atoms with Crippen LogP contribution in [0.25, 0.3) is 0 Å². The number of amides is 2. The van der Waals surface area contributed by atoms with Crippen molar-refractivity contribution in [2.45, 2.75) is 19.4 Å². The number of hydrogen-bond donors (Lipinski definition) is 2. The topological polar surface area (TPSA) is 98.5 Å². The van der Waals surface area contributed by atoms with Gasteiger partial charge in [-0.05, 0) is 30.7 Å². The molecule has 2 aromatic carbocycles. The summed E-state index contributed by atoms with van der Waals surface area (Å²) in [5.74, 6) is -1.65. The molecule has 0 saturated heterocycles. The molecule has 2 amide bonds. The smallest absolute Gasteiger partial charge is 0.337 e. The SMILES string of the molecule is COC(=O)c1cccc(C(=O)N[C@H](Cc2cccc(C)c2)C(N)=O)c1. The average molecular weight is 340 g/mol. The molecule has 0 aliphatic heterocycles. The second-order valence-electron chi connectivity index (χ2n) is 5.69. The number of aryl methyl sites for hydroxylation is 1. The van der Waals surface area contributed by atoms with E-state index < -0.39 is 23.8 Å². The van der Waals surface area contributed by atoms with E-state index in [1.807, 2.05) is 31.2 Å². The van der Waals surface area contributed by atoms with Crippen LogP contribution in [-0.2, 0) is 16.0 Å². The summed E-state index contributed by atoms with van der Waals surface area (Å²) in [6.07, 6.45) is 0.291. The third-order valence-corrected chi connectivity index (χ3v) is 3.72. The van der Waals surface area contributed by atoms with Gasteiger partial charge in [-0.3, -0.25) is 9.59 Å². The largest absolute Gasteiger partial charge is 0.465 e. The lowest BCUT2D eigenvalue weighted by atomic mass is 10.0. The summed E-state index contributed by atoms with van der Waals surface area (Å²) in [5, 5.41) is 2.62. The fraction of sp³-hybridized carbons (Fsp3) is 0.211. The van der Waals surface area contributed by atoms with Crippen LogP contribution in [0.15, 0.2) is 48.5 Å². The second kappa shape index (κ2) is 8.10. The third-order valence-electron chi connectivity index (χ3n) is 3.72. The standard InChI is InChI=1S/C19H20N2O4/c1-12-5-3-6-13(9-12)10-16(17(20)22)21-18(23)14-7-4-8-15(11-14)19(24)25-2/h3-9,11,16H,10H2,1-2H3,(H2,20,22)(H,21,23)/t16-/m1/s1. The van der Waals surface area contributed by atoms with Gasteiger partial charge in [-0.2, -0.15) is 0 Å². The highest BCUT2D eigenvalue weighted by Gasteiger charge is 2.20. The second-order valence-corrected chi connectivity index (χ2v) is 5.69. The minimum atomic E-state index is -0.851. The summed E-state index contributed by atoms with van der Waals surface area (Å²) in [7, 11) is 1.26. The zero-order valence-electron chi connectivity index (χ0n) is 14.1. The monoisotopic (exact) mass is 340 g/mol. The first kappa shape index (κ1) is 18.2. The molecule has 0 aromatic heterocycles. The summed E-state index contributed by atoms with van der Waals surface area (Å²) in [6, 6.07) is 12.8. The minimum Gasteiger partial charge on any atom is -0.465 e. The van der Waals surface area contributed by atoms with Crippen LogP contribution in [0.5, 0.6) is 0 Å². The number of rotatable bonds is 6. The number of esters is 1. The Balaban J connectivity index is 2.15. The molecule has 0 saturated carbocycles. The molecule has 0 unspecified atom stereocenters. The molecule has 130 valence electrons. The number of carbonyl (C=O) groups excluding carboxylic acids is 3. The lowest BCUT2D eigenvalue weighted by molar-refractivity contribution is -0.119. The van der Waals surface area contributed by atoms with Gasteiger partial charge in [0.25, 0.3) is 5.91 Å². The molecule has 2 rings (SSSR count). The van der Waals surface area contributed by atoms with E-state index in [0.717, 1.165) is 11.1 Å². The summed E-state index contributed by atoms with van der Waals surface area (Å²) < 4.78 is 4.64. The predicted molar refractivity (Wildman–Crippen MR) is 93.1 cm³/mol. The van der Waals surface area contributed by atoms with E-state index in [2.05, 4.69) is 10.1 Å². The van der Waals surface area contributed by atoms with Crippen LogP contribution in [-0.4, -0.2) is 30.9 Å². The molecule has 25 heavy (non-hydrogen) atoms. The molecular formula is C19H20N2O4. The van der Waals surface area contributed by atoms with E-state index in [1.165, 1.54) is 13.2 Å². The quantitative estimate of drug-likeness (QED) is 0.781. The van der Waals surface area contributed by atoms with Crippen molar-refractivity contribution < 1.29 is 19.1 Å². The van der Waals surface area contributed by atoms with Crippen molar-refractivity contribution >= 4 is 17.8 Å². The van der Waals surface area contributed by atoms with Crippen molar-refractivity contribution in [3.05, 3.63) is 70.8 Å². The summed E-state index contributed by atoms with van der Waals surface area (Å²) >= 11 is 0. The summed E-state index contributed by atoms with van der Waals surface area (Å²) in [5.41, 5.74) is 7.87. The molecule has 0 spiro atoms. The molecule has 2 aromatic rings. The van der Waals surface area contributed by atoms with Gasteiger partial charge in [-0.15, -0.1) is 0 Å². The Labute approximate surface area is 146 Å². The van der Waals surface area contributed by atoms with Crippen LogP contribution in [0.1, 0.15) is 31.8 Å². The molecule has 0 fully saturated rings. The molecular weight excluding hydrogens is 320 g/mol. The zero-order chi connectivity index (χ0) is 18.4. The molecule has 1 atom stereocenters. The lowest BCUT2D eigenvalue weighted by Crippen LogP contribution is -2.45. The van der Waals surface area contributed by atoms with Gasteiger partial charge in [0, 0.05) is 12.0 Å². The summed E-state index contributed by atoms with van der Waals surface area (Å²) in [4.78, 5) is 35.7. The fourth-order valence-corrected chi connectivity index (χ4v) is 2.44. The van der Waals surface area contributed by atoms with E-state index >= 15 is 0 Å². The molecule has 6 heteroatoms. The number of nitrogens with one attached hydrogen (secondary N) is 1. The van der Waals surface area contributed by atoms with Crippen LogP contribution in [0.3, 0.4) is 0 Å². The molecule has 0 bridgehead atoms. The maximum Gasteiger partial charge on any atom is 0.337 e. The van der Waals surface area contributed by atoms with E-state index in [1.54, 1.807) is 18.2 Å². The van der Waals surface area contributed by atoms with Gasteiger partial charge in [-0.1, -0.05) is 35.9 Å². The first-order chi connectivity index (χ1) is 11.9. The Bertz CT molecular complexity index is 802. The van der Waals surface area contributed by atoms with E-state index in [4.69, 9.17) is 5.73 Å². The number of nitrogens with two attached hydrogens (primary N) is 1. The van der Waals surface area contributed by atoms with Gasteiger partial charge in [-0.25, -0.2) is 4.79 Å². The van der Waals surface area contributed by atoms with Crippen molar-refractivity contribution in [3.63, 3.8) is 0 Å². The number of hydrogen-bond acceptors (Lipinski definition) is 4. The maximum atomic E-state index is 12.4. The van der Waals surface area contributed by atoms with Gasteiger partial charge in [0.15, 0.2) is 0 Å². The first-order valence-electron chi connectivity index (χ1n) is 7.75. The van der Waals surface area contributed by atoms with Gasteiger partial charge >= 0.3 is 5.97 Å². The molecule has 3 N–H and O–H groups in total. The van der Waals surface area contributed by atoms with Crippen LogP contribution in [0.2, 0.25) is 0 Å². The number of methoxy groups -OCH3 is 1. The normalized spacial score (nSPS) is 11.4. The number of ether oxygens (including phenoxy) is 1. The van der Waals surface area contributed by atoms with Gasteiger partial charge < -0.3 is 15.8 Å². The van der Waals surface area contributed by atoms with Crippen molar-refractivity contribution in [2.75, 3.05) is 7.11 Å². The molecule has 0 aliphatic carbocycles. The van der Waals surface area contributed by atoms with Gasteiger partial charge in [0.2, 0.25) is 5.91 Å². The van der Waals surface area contributed by atoms with Gasteiger partial charge in [0.1, 0.15) is 6.04 Å². The highest BCUT2D eigenvalue weighted by atomic mass is 16.5. The van der Waals surface area contributed by atoms with Crippen LogP contribution < -0.4 is 11.1 Å². The zero-order valence-corrected chi connectivity index (χ0v) is 14.1. The van der Waals surface area contributed by atoms with Crippen LogP contribution in [0.4, 0.5) is 0 Å². The highest BCUT2D eigenvalue weighted by molar-refractivity contribution is 5.99. The van der Waals surface area contributed by atoms with Crippen molar-refractivity contribution in [1.29, 1.82) is 0 Å². The molecule has 0 heterocycles. The molecule has 6 nitrogen and oxygen atoms in total. The van der Waals surface area contributed by atoms with Crippen LogP contribution in [0, 0.1) is 6.92 Å². The Morgan fingerprint density at radius 3 is 2.40 bits per heavy atom. The Hall–Kier alpha value is -3.15. The predicted octanol–water partition coefficient (Wildman–Crippen LogP) is 1.61. The van der Waals surface area contributed by atoms with Crippen molar-refractivity contribution in [2.24, 2.45) is 5.73 Å². The summed E-state index contributed by atoms with van der Waals surface area (Å²) in [6.45, 7) is 1.94. The minimum absolute atomic E-state index is 0.249. The number of primary amides is 1. The van der Waals surface area contributed by atoms with Crippen LogP contribution >= 0.6 is 0 Å². The van der Waals surface area contributed by atoms with E-state index in [0.29, 0.717) is 6.42 Å². The number of benzene rings is 2. The Morgan fingerprint density at radius 2 is 1.76 bits per heavy atom. The Kier molecular flexibility index (Phi) is 5.89. The van der Waals surface area contributed by atoms with Crippen molar-refractivity contribution in [1.82, 2.24) is 5.32 Å². The number of carbonyl (C=O) groups is 3.